The van der Waals surface area contributed by atoms with Crippen molar-refractivity contribution in [1.29, 1.82) is 0 Å². The number of ether oxygens (including phenoxy) is 7. The highest BCUT2D eigenvalue weighted by atomic mass is 16.7. The summed E-state index contributed by atoms with van der Waals surface area (Å²) in [5.41, 5.74) is -1.08. The maximum atomic E-state index is 14.1. The molecule has 19 nitrogen and oxygen atoms in total. The predicted molar refractivity (Wildman–Crippen MR) is 173 cm³/mol. The van der Waals surface area contributed by atoms with Gasteiger partial charge >= 0.3 is 0 Å². The number of benzene rings is 2. The fraction of sp³-hybridized carbons (Fsp3) is 0.545. The fourth-order valence-electron chi connectivity index (χ4n) is 5.60. The van der Waals surface area contributed by atoms with Crippen molar-refractivity contribution in [3.63, 3.8) is 0 Å². The molecule has 4 unspecified atom stereocenters. The molecule has 2 aromatic carbocycles. The van der Waals surface area contributed by atoms with Crippen LogP contribution in [0.15, 0.2) is 39.5 Å². The summed E-state index contributed by atoms with van der Waals surface area (Å²) in [5.74, 6) is -1.31. The first kappa shape index (κ1) is 39.4. The zero-order chi connectivity index (χ0) is 37.7. The van der Waals surface area contributed by atoms with Crippen molar-refractivity contribution in [3.05, 3.63) is 40.6 Å². The van der Waals surface area contributed by atoms with Gasteiger partial charge in [0.2, 0.25) is 17.5 Å². The minimum Gasteiger partial charge on any atom is -0.507 e. The minimum atomic E-state index is -1.98. The van der Waals surface area contributed by atoms with Crippen LogP contribution in [0.1, 0.15) is 6.92 Å². The molecule has 0 radical (unpaired) electrons. The summed E-state index contributed by atoms with van der Waals surface area (Å²) in [6, 6.07) is 6.59. The van der Waals surface area contributed by atoms with Crippen LogP contribution in [0, 0.1) is 0 Å². The van der Waals surface area contributed by atoms with E-state index in [1.807, 2.05) is 0 Å². The van der Waals surface area contributed by atoms with Crippen LogP contribution >= 0.6 is 0 Å². The first-order valence-electron chi connectivity index (χ1n) is 16.3. The second kappa shape index (κ2) is 17.3. The van der Waals surface area contributed by atoms with Crippen LogP contribution in [0.2, 0.25) is 0 Å². The van der Waals surface area contributed by atoms with Crippen molar-refractivity contribution in [2.24, 2.45) is 0 Å². The Hall–Kier alpha value is -3.83. The van der Waals surface area contributed by atoms with E-state index in [0.717, 1.165) is 6.07 Å². The molecule has 0 aliphatic carbocycles. The number of hydrogen-bond acceptors (Lipinski definition) is 19. The van der Waals surface area contributed by atoms with E-state index in [0.29, 0.717) is 0 Å². The summed E-state index contributed by atoms with van der Waals surface area (Å²) in [6.07, 6.45) is -16.3. The first-order chi connectivity index (χ1) is 24.9. The number of aromatic hydroxyl groups is 1. The normalized spacial score (nSPS) is 29.2. The summed E-state index contributed by atoms with van der Waals surface area (Å²) < 4.78 is 45.1. The highest BCUT2D eigenvalue weighted by Crippen LogP contribution is 2.40. The Bertz CT molecular complexity index is 1700. The zero-order valence-electron chi connectivity index (χ0n) is 27.8. The molecule has 288 valence electrons. The maximum absolute atomic E-state index is 14.1. The number of rotatable bonds is 15. The predicted octanol–water partition coefficient (Wildman–Crippen LogP) is -2.69. The number of phenolic OH excluding ortho intramolecular Hbond substituents is 1. The van der Waals surface area contributed by atoms with Crippen molar-refractivity contribution in [3.8, 4) is 40.1 Å². The van der Waals surface area contributed by atoms with E-state index in [9.17, 15) is 55.9 Å². The molecule has 5 rings (SSSR count). The standard InChI is InChI=1S/C33H42O19/c1-14-23(38)26(41)28(43)32(49-14)48-13-21-24(39)27(42)29(44)33(51-21)52-31-25(40)22-17(37)11-16(45-7-4-34)12-20(22)50-30(31)15-2-3-18(46-8-5-35)19(10-15)47-9-6-36/h2-3,10-12,14,21,23-24,26-29,32-39,41-44H,4-9,13H2,1H3/t14?,21?,23-,24-,26-,27-,28?,29?,32+,33-/m0/s1. The lowest BCUT2D eigenvalue weighted by molar-refractivity contribution is -0.318. The third-order valence-corrected chi connectivity index (χ3v) is 8.31. The number of fused-ring (bicyclic) bond motifs is 1. The van der Waals surface area contributed by atoms with Gasteiger partial charge in [-0.3, -0.25) is 4.79 Å². The average molecular weight is 743 g/mol. The van der Waals surface area contributed by atoms with Crippen LogP contribution in [-0.2, 0) is 14.2 Å². The van der Waals surface area contributed by atoms with Gasteiger partial charge in [-0.25, -0.2) is 0 Å². The molecule has 10 N–H and O–H groups in total. The molecule has 0 saturated carbocycles. The van der Waals surface area contributed by atoms with Crippen LogP contribution < -0.4 is 24.4 Å². The Morgan fingerprint density at radius 1 is 0.712 bits per heavy atom. The van der Waals surface area contributed by atoms with E-state index in [2.05, 4.69) is 0 Å². The van der Waals surface area contributed by atoms with Gasteiger partial charge in [0.25, 0.3) is 0 Å². The summed E-state index contributed by atoms with van der Waals surface area (Å²) in [7, 11) is 0. The second-order valence-corrected chi connectivity index (χ2v) is 11.9. The lowest BCUT2D eigenvalue weighted by atomic mass is 9.98. The molecule has 3 aromatic rings. The summed E-state index contributed by atoms with van der Waals surface area (Å²) >= 11 is 0. The minimum absolute atomic E-state index is 0.0380. The van der Waals surface area contributed by atoms with E-state index >= 15 is 0 Å². The Balaban J connectivity index is 1.53. The fourth-order valence-corrected chi connectivity index (χ4v) is 5.60. The van der Waals surface area contributed by atoms with Gasteiger partial charge in [0.1, 0.15) is 85.0 Å². The third-order valence-electron chi connectivity index (χ3n) is 8.31. The quantitative estimate of drug-likeness (QED) is 0.0758. The van der Waals surface area contributed by atoms with E-state index in [1.165, 1.54) is 31.2 Å². The SMILES string of the molecule is CC1O[C@@H](OCC2O[C@@H](Oc3c(-c4ccc(OCCO)c(OCCO)c4)oc4cc(OCCO)cc(O)c4c3=O)C(O)[C@@H](O)[C@H]2O)C(O)[C@@H](O)[C@H]1O. The molecule has 19 heteroatoms. The van der Waals surface area contributed by atoms with E-state index < -0.39 is 84.9 Å². The van der Waals surface area contributed by atoms with Crippen molar-refractivity contribution >= 4 is 11.0 Å². The monoisotopic (exact) mass is 742 g/mol. The molecule has 2 aliphatic rings. The van der Waals surface area contributed by atoms with E-state index in [-0.39, 0.29) is 79.2 Å². The molecule has 2 fully saturated rings. The lowest BCUT2D eigenvalue weighted by Crippen LogP contribution is -2.61. The van der Waals surface area contributed by atoms with E-state index in [4.69, 9.17) is 37.6 Å². The maximum Gasteiger partial charge on any atom is 0.239 e. The zero-order valence-corrected chi connectivity index (χ0v) is 27.8. The molecule has 0 spiro atoms. The van der Waals surface area contributed by atoms with Gasteiger partial charge in [0, 0.05) is 17.7 Å². The van der Waals surface area contributed by atoms with Gasteiger partial charge < -0.3 is 88.6 Å². The van der Waals surface area contributed by atoms with Crippen molar-refractivity contribution in [2.45, 2.75) is 68.3 Å². The van der Waals surface area contributed by atoms with Gasteiger partial charge in [0.15, 0.2) is 23.5 Å². The molecular weight excluding hydrogens is 700 g/mol. The Labute approximate surface area is 294 Å². The lowest BCUT2D eigenvalue weighted by Gasteiger charge is -2.42. The molecule has 2 aliphatic heterocycles. The smallest absolute Gasteiger partial charge is 0.239 e. The van der Waals surface area contributed by atoms with Gasteiger partial charge in [-0.05, 0) is 25.1 Å². The Kier molecular flexibility index (Phi) is 13.1. The van der Waals surface area contributed by atoms with Crippen molar-refractivity contribution in [1.82, 2.24) is 0 Å². The van der Waals surface area contributed by atoms with Crippen LogP contribution in [-0.4, -0.2) is 159 Å². The van der Waals surface area contributed by atoms with Crippen molar-refractivity contribution in [2.75, 3.05) is 46.2 Å². The number of phenols is 1. The Morgan fingerprint density at radius 3 is 2.04 bits per heavy atom. The summed E-state index contributed by atoms with van der Waals surface area (Å²) in [5, 5.41) is 101. The molecule has 52 heavy (non-hydrogen) atoms. The molecule has 0 bridgehead atoms. The molecule has 10 atom stereocenters. The van der Waals surface area contributed by atoms with Crippen molar-refractivity contribution < 1.29 is 88.6 Å². The van der Waals surface area contributed by atoms with Gasteiger partial charge in [-0.1, -0.05) is 0 Å². The van der Waals surface area contributed by atoms with Crippen LogP contribution in [0.25, 0.3) is 22.3 Å². The topological polar surface area (TPSA) is 297 Å². The van der Waals surface area contributed by atoms with Gasteiger partial charge in [0.05, 0.1) is 32.5 Å². The molecule has 3 heterocycles. The average Bonchev–Trinajstić information content (AvgIpc) is 3.13. The summed E-state index contributed by atoms with van der Waals surface area (Å²) in [6.45, 7) is -0.648. The van der Waals surface area contributed by atoms with Gasteiger partial charge in [-0.2, -0.15) is 0 Å². The Morgan fingerprint density at radius 2 is 1.35 bits per heavy atom. The highest BCUT2D eigenvalue weighted by molar-refractivity contribution is 5.88. The molecular formula is C33H42O19. The molecule has 2 saturated heterocycles. The van der Waals surface area contributed by atoms with Crippen LogP contribution in [0.4, 0.5) is 0 Å². The number of aliphatic hydroxyl groups excluding tert-OH is 9. The largest absolute Gasteiger partial charge is 0.507 e. The summed E-state index contributed by atoms with van der Waals surface area (Å²) in [4.78, 5) is 14.1. The molecule has 0 amide bonds. The highest BCUT2D eigenvalue weighted by Gasteiger charge is 2.48. The number of hydrogen-bond donors (Lipinski definition) is 10. The van der Waals surface area contributed by atoms with Gasteiger partial charge in [-0.15, -0.1) is 0 Å². The van der Waals surface area contributed by atoms with E-state index in [1.54, 1.807) is 0 Å². The van der Waals surface area contributed by atoms with Crippen LogP contribution in [0.3, 0.4) is 0 Å². The second-order valence-electron chi connectivity index (χ2n) is 11.9. The van der Waals surface area contributed by atoms with Crippen LogP contribution in [0.5, 0.6) is 28.7 Å². The first-order valence-corrected chi connectivity index (χ1v) is 16.3. The third kappa shape index (κ3) is 8.36. The molecule has 1 aromatic heterocycles. The number of aliphatic hydroxyl groups is 9.